The summed E-state index contributed by atoms with van der Waals surface area (Å²) < 4.78 is 31.1. The van der Waals surface area contributed by atoms with Crippen LogP contribution in [0.25, 0.3) is 6.08 Å². The number of nitriles is 1. The van der Waals surface area contributed by atoms with Crippen molar-refractivity contribution in [2.45, 2.75) is 12.5 Å². The normalized spacial score (nSPS) is 14.2. The van der Waals surface area contributed by atoms with Gasteiger partial charge in [0.1, 0.15) is 41.3 Å². The molecule has 4 aromatic carbocycles. The number of hydrogen-bond donors (Lipinski definition) is 1. The van der Waals surface area contributed by atoms with E-state index in [-0.39, 0.29) is 29.6 Å². The van der Waals surface area contributed by atoms with Crippen molar-refractivity contribution in [2.24, 2.45) is 5.73 Å². The topological polar surface area (TPSA) is 94.6 Å². The summed E-state index contributed by atoms with van der Waals surface area (Å²) in [6, 6.07) is 25.4. The van der Waals surface area contributed by atoms with Crippen LogP contribution in [0.5, 0.6) is 17.2 Å². The van der Waals surface area contributed by atoms with Gasteiger partial charge in [-0.1, -0.05) is 65.7 Å². The van der Waals surface area contributed by atoms with Gasteiger partial charge in [-0.15, -0.1) is 0 Å². The summed E-state index contributed by atoms with van der Waals surface area (Å²) in [7, 11) is 0. The number of esters is 1. The first-order valence-corrected chi connectivity index (χ1v) is 13.1. The Labute approximate surface area is 245 Å². The molecule has 9 heteroatoms. The van der Waals surface area contributed by atoms with E-state index in [0.29, 0.717) is 43.8 Å². The van der Waals surface area contributed by atoms with Gasteiger partial charge in [-0.2, -0.15) is 5.26 Å². The molecular formula is C32H21Cl2FN2O4. The van der Waals surface area contributed by atoms with Crippen LogP contribution in [0.2, 0.25) is 10.0 Å². The average Bonchev–Trinajstić information content (AvgIpc) is 2.95. The first-order chi connectivity index (χ1) is 19.8. The molecule has 204 valence electrons. The van der Waals surface area contributed by atoms with Crippen LogP contribution in [0.4, 0.5) is 4.39 Å². The molecule has 0 saturated carbocycles. The molecule has 1 aliphatic rings. The average molecular weight is 587 g/mol. The maximum atomic E-state index is 14.0. The zero-order valence-corrected chi connectivity index (χ0v) is 22.8. The van der Waals surface area contributed by atoms with E-state index in [1.807, 2.05) is 6.07 Å². The minimum Gasteiger partial charge on any atom is -0.489 e. The Kier molecular flexibility index (Phi) is 8.25. The maximum absolute atomic E-state index is 14.0. The minimum atomic E-state index is -0.635. The van der Waals surface area contributed by atoms with Gasteiger partial charge in [-0.25, -0.2) is 9.18 Å². The van der Waals surface area contributed by atoms with Crippen molar-refractivity contribution in [3.05, 3.63) is 141 Å². The Hall–Kier alpha value is -4.77. The van der Waals surface area contributed by atoms with Gasteiger partial charge < -0.3 is 19.9 Å². The SMILES string of the molecule is N#CC1=C(N)Oc2cc(OC(=O)/C=C/c3ccc(Cl)cc3Cl)ccc2C1c1cccc(OCc2ccccc2F)c1. The van der Waals surface area contributed by atoms with E-state index in [9.17, 15) is 14.4 Å². The Morgan fingerprint density at radius 3 is 2.63 bits per heavy atom. The highest BCUT2D eigenvalue weighted by molar-refractivity contribution is 6.35. The molecule has 0 aromatic heterocycles. The number of halogens is 3. The molecule has 1 unspecified atom stereocenters. The summed E-state index contributed by atoms with van der Waals surface area (Å²) in [4.78, 5) is 12.5. The van der Waals surface area contributed by atoms with Gasteiger partial charge in [0.05, 0.1) is 5.92 Å². The zero-order chi connectivity index (χ0) is 28.9. The molecule has 1 aliphatic heterocycles. The molecule has 0 aliphatic carbocycles. The Bertz CT molecular complexity index is 1750. The van der Waals surface area contributed by atoms with E-state index in [0.717, 1.165) is 0 Å². The summed E-state index contributed by atoms with van der Waals surface area (Å²) in [5.41, 5.74) is 8.73. The number of ether oxygens (including phenoxy) is 3. The van der Waals surface area contributed by atoms with E-state index in [2.05, 4.69) is 6.07 Å². The lowest BCUT2D eigenvalue weighted by atomic mass is 9.83. The highest BCUT2D eigenvalue weighted by Gasteiger charge is 2.31. The van der Waals surface area contributed by atoms with Gasteiger partial charge in [-0.3, -0.25) is 0 Å². The Morgan fingerprint density at radius 2 is 1.85 bits per heavy atom. The van der Waals surface area contributed by atoms with Crippen LogP contribution in [-0.4, -0.2) is 5.97 Å². The first-order valence-electron chi connectivity index (χ1n) is 12.3. The third kappa shape index (κ3) is 6.36. The van der Waals surface area contributed by atoms with Gasteiger partial charge >= 0.3 is 5.97 Å². The summed E-state index contributed by atoms with van der Waals surface area (Å²) in [5, 5.41) is 10.8. The molecule has 0 fully saturated rings. The highest BCUT2D eigenvalue weighted by Crippen LogP contribution is 2.44. The highest BCUT2D eigenvalue weighted by atomic mass is 35.5. The molecule has 0 radical (unpaired) electrons. The largest absolute Gasteiger partial charge is 0.489 e. The summed E-state index contributed by atoms with van der Waals surface area (Å²) in [5.74, 6) is -0.586. The fraction of sp³-hybridized carbons (Fsp3) is 0.0625. The van der Waals surface area contributed by atoms with Gasteiger partial charge in [0.15, 0.2) is 0 Å². The number of carbonyl (C=O) groups excluding carboxylic acids is 1. The van der Waals surface area contributed by atoms with Crippen LogP contribution in [0.1, 0.15) is 28.2 Å². The predicted octanol–water partition coefficient (Wildman–Crippen LogP) is 7.55. The van der Waals surface area contributed by atoms with E-state index >= 15 is 0 Å². The summed E-state index contributed by atoms with van der Waals surface area (Å²) in [6.07, 6.45) is 2.76. The molecule has 1 heterocycles. The van der Waals surface area contributed by atoms with E-state index < -0.39 is 11.9 Å². The minimum absolute atomic E-state index is 0.0387. The zero-order valence-electron chi connectivity index (χ0n) is 21.3. The molecule has 0 bridgehead atoms. The van der Waals surface area contributed by atoms with Gasteiger partial charge in [0, 0.05) is 33.3 Å². The summed E-state index contributed by atoms with van der Waals surface area (Å²) >= 11 is 12.1. The van der Waals surface area contributed by atoms with Crippen LogP contribution in [-0.2, 0) is 11.4 Å². The van der Waals surface area contributed by atoms with E-state index in [4.69, 9.17) is 43.1 Å². The molecule has 2 N–H and O–H groups in total. The van der Waals surface area contributed by atoms with E-state index in [1.165, 1.54) is 24.3 Å². The fourth-order valence-corrected chi connectivity index (χ4v) is 4.82. The third-order valence-corrected chi connectivity index (χ3v) is 6.88. The van der Waals surface area contributed by atoms with Gasteiger partial charge in [0.25, 0.3) is 0 Å². The van der Waals surface area contributed by atoms with Crippen molar-refractivity contribution in [1.82, 2.24) is 0 Å². The number of nitrogens with two attached hydrogens (primary N) is 1. The number of fused-ring (bicyclic) bond motifs is 1. The van der Waals surface area contributed by atoms with Crippen LogP contribution < -0.4 is 19.9 Å². The van der Waals surface area contributed by atoms with Crippen molar-refractivity contribution >= 4 is 35.2 Å². The molecule has 1 atom stereocenters. The van der Waals surface area contributed by atoms with Crippen molar-refractivity contribution in [2.75, 3.05) is 0 Å². The standard InChI is InChI=1S/C32H21Cl2FN2O4/c33-22-10-8-19(27(34)15-22)9-13-30(38)40-24-11-12-25-29(16-24)41-32(37)26(17-36)31(25)20-5-3-6-23(14-20)39-18-21-4-1-2-7-28(21)35/h1-16,31H,18,37H2/b13-9+. The quantitative estimate of drug-likeness (QED) is 0.136. The Balaban J connectivity index is 1.37. The van der Waals surface area contributed by atoms with Crippen LogP contribution >= 0.6 is 23.2 Å². The van der Waals surface area contributed by atoms with Crippen molar-refractivity contribution < 1.29 is 23.4 Å². The lowest BCUT2D eigenvalue weighted by Gasteiger charge is -2.27. The third-order valence-electron chi connectivity index (χ3n) is 6.31. The number of carbonyl (C=O) groups is 1. The number of hydrogen-bond acceptors (Lipinski definition) is 6. The fourth-order valence-electron chi connectivity index (χ4n) is 4.35. The monoisotopic (exact) mass is 586 g/mol. The Morgan fingerprint density at radius 1 is 1.02 bits per heavy atom. The number of allylic oxidation sites excluding steroid dienone is 1. The van der Waals surface area contributed by atoms with Crippen molar-refractivity contribution in [3.8, 4) is 23.3 Å². The van der Waals surface area contributed by atoms with Gasteiger partial charge in [-0.05, 0) is 53.6 Å². The smallest absolute Gasteiger partial charge is 0.336 e. The second kappa shape index (κ2) is 12.2. The lowest BCUT2D eigenvalue weighted by molar-refractivity contribution is -0.128. The van der Waals surface area contributed by atoms with Crippen molar-refractivity contribution in [3.63, 3.8) is 0 Å². The number of benzene rings is 4. The molecule has 0 saturated heterocycles. The number of rotatable bonds is 7. The molecular weight excluding hydrogens is 566 g/mol. The van der Waals surface area contributed by atoms with Crippen LogP contribution in [0, 0.1) is 17.1 Å². The van der Waals surface area contributed by atoms with Crippen LogP contribution in [0.15, 0.2) is 102 Å². The van der Waals surface area contributed by atoms with E-state index in [1.54, 1.807) is 66.7 Å². The van der Waals surface area contributed by atoms with Crippen LogP contribution in [0.3, 0.4) is 0 Å². The molecule has 0 amide bonds. The summed E-state index contributed by atoms with van der Waals surface area (Å²) in [6.45, 7) is 0.0387. The molecule has 4 aromatic rings. The molecule has 5 rings (SSSR count). The first kappa shape index (κ1) is 27.8. The second-order valence-corrected chi connectivity index (χ2v) is 9.84. The molecule has 41 heavy (non-hydrogen) atoms. The molecule has 0 spiro atoms. The lowest BCUT2D eigenvalue weighted by Crippen LogP contribution is -2.21. The molecule has 6 nitrogen and oxygen atoms in total. The van der Waals surface area contributed by atoms with Gasteiger partial charge in [0.2, 0.25) is 5.88 Å². The maximum Gasteiger partial charge on any atom is 0.336 e. The van der Waals surface area contributed by atoms with Crippen molar-refractivity contribution in [1.29, 1.82) is 5.26 Å². The number of nitrogens with zero attached hydrogens (tertiary/aromatic N) is 1. The second-order valence-electron chi connectivity index (χ2n) is 9.00. The predicted molar refractivity (Wildman–Crippen MR) is 154 cm³/mol.